The number of carboxylic acid groups (broad SMARTS) is 1. The molecule has 0 aliphatic rings. The van der Waals surface area contributed by atoms with Gasteiger partial charge in [0.05, 0.1) is 25.7 Å². The fourth-order valence-corrected chi connectivity index (χ4v) is 2.01. The van der Waals surface area contributed by atoms with E-state index in [4.69, 9.17) is 26.2 Å². The van der Waals surface area contributed by atoms with Crippen molar-refractivity contribution in [1.29, 1.82) is 0 Å². The van der Waals surface area contributed by atoms with Gasteiger partial charge in [-0.3, -0.25) is 4.79 Å². The summed E-state index contributed by atoms with van der Waals surface area (Å²) in [6, 6.07) is 3.43. The van der Waals surface area contributed by atoms with E-state index >= 15 is 0 Å². The highest BCUT2D eigenvalue weighted by atomic mass is 35.5. The first-order valence-corrected chi connectivity index (χ1v) is 6.24. The van der Waals surface area contributed by atoms with Crippen LogP contribution in [-0.2, 0) is 4.79 Å². The smallest absolute Gasteiger partial charge is 0.307 e. The minimum atomic E-state index is -0.871. The summed E-state index contributed by atoms with van der Waals surface area (Å²) in [5, 5.41) is 9.21. The second-order valence-corrected chi connectivity index (χ2v) is 4.28. The molecule has 1 aromatic carbocycles. The Balaban J connectivity index is 3.26. The van der Waals surface area contributed by atoms with Gasteiger partial charge in [0.1, 0.15) is 11.5 Å². The molecule has 0 heterocycles. The van der Waals surface area contributed by atoms with Crippen molar-refractivity contribution in [3.63, 3.8) is 0 Å². The lowest BCUT2D eigenvalue weighted by Crippen LogP contribution is -1.96. The van der Waals surface area contributed by atoms with E-state index in [9.17, 15) is 4.79 Å². The van der Waals surface area contributed by atoms with Crippen LogP contribution in [0.1, 0.15) is 25.3 Å². The molecule has 0 saturated heterocycles. The quantitative estimate of drug-likeness (QED) is 0.867. The molecular formula is C14H17ClO4. The molecule has 0 amide bonds. The number of rotatable bonds is 6. The summed E-state index contributed by atoms with van der Waals surface area (Å²) in [6.07, 6.45) is 2.32. The molecule has 0 aliphatic carbocycles. The van der Waals surface area contributed by atoms with Gasteiger partial charge in [0.25, 0.3) is 0 Å². The second-order valence-electron chi connectivity index (χ2n) is 3.87. The van der Waals surface area contributed by atoms with Crippen LogP contribution in [0.4, 0.5) is 0 Å². The van der Waals surface area contributed by atoms with Crippen molar-refractivity contribution in [1.82, 2.24) is 0 Å². The summed E-state index contributed by atoms with van der Waals surface area (Å²) in [7, 11) is 3.08. The molecule has 1 N–H and O–H groups in total. The third kappa shape index (κ3) is 3.89. The van der Waals surface area contributed by atoms with Gasteiger partial charge >= 0.3 is 5.97 Å². The van der Waals surface area contributed by atoms with Crippen LogP contribution in [0.5, 0.6) is 11.5 Å². The summed E-state index contributed by atoms with van der Waals surface area (Å²) >= 11 is 6.10. The fraction of sp³-hybridized carbons (Fsp3) is 0.357. The highest BCUT2D eigenvalue weighted by Gasteiger charge is 2.12. The predicted molar refractivity (Wildman–Crippen MR) is 75.1 cm³/mol. The van der Waals surface area contributed by atoms with E-state index in [1.165, 1.54) is 7.11 Å². The van der Waals surface area contributed by atoms with E-state index in [0.717, 1.165) is 11.1 Å². The average Bonchev–Trinajstić information content (AvgIpc) is 2.39. The van der Waals surface area contributed by atoms with E-state index in [1.54, 1.807) is 25.3 Å². The maximum atomic E-state index is 10.7. The van der Waals surface area contributed by atoms with Crippen molar-refractivity contribution >= 4 is 23.1 Å². The van der Waals surface area contributed by atoms with Crippen molar-refractivity contribution in [2.45, 2.75) is 19.8 Å². The molecule has 0 fully saturated rings. The van der Waals surface area contributed by atoms with Gasteiger partial charge in [-0.1, -0.05) is 24.6 Å². The number of ether oxygens (including phenoxy) is 2. The lowest BCUT2D eigenvalue weighted by Gasteiger charge is -2.14. The molecular weight excluding hydrogens is 268 g/mol. The molecule has 0 bridgehead atoms. The van der Waals surface area contributed by atoms with Gasteiger partial charge in [-0.15, -0.1) is 0 Å². The van der Waals surface area contributed by atoms with Crippen molar-refractivity contribution in [3.8, 4) is 11.5 Å². The molecule has 0 aliphatic heterocycles. The zero-order valence-corrected chi connectivity index (χ0v) is 12.0. The number of hydrogen-bond donors (Lipinski definition) is 1. The molecule has 104 valence electrons. The topological polar surface area (TPSA) is 55.8 Å². The summed E-state index contributed by atoms with van der Waals surface area (Å²) < 4.78 is 10.4. The van der Waals surface area contributed by atoms with Crippen LogP contribution in [-0.4, -0.2) is 25.3 Å². The molecule has 0 saturated carbocycles. The summed E-state index contributed by atoms with van der Waals surface area (Å²) in [5.74, 6) is 0.264. The Morgan fingerprint density at radius 3 is 2.42 bits per heavy atom. The summed E-state index contributed by atoms with van der Waals surface area (Å²) in [4.78, 5) is 10.7. The summed E-state index contributed by atoms with van der Waals surface area (Å²) in [6.45, 7) is 1.95. The van der Waals surface area contributed by atoms with Crippen molar-refractivity contribution < 1.29 is 19.4 Å². The van der Waals surface area contributed by atoms with E-state index in [1.807, 2.05) is 6.92 Å². The molecule has 0 spiro atoms. The lowest BCUT2D eigenvalue weighted by molar-refractivity contribution is -0.135. The van der Waals surface area contributed by atoms with Crippen molar-refractivity contribution in [3.05, 3.63) is 28.8 Å². The third-order valence-corrected chi connectivity index (χ3v) is 3.02. The molecule has 0 aromatic heterocycles. The van der Waals surface area contributed by atoms with E-state index in [0.29, 0.717) is 22.9 Å². The fourth-order valence-electron chi connectivity index (χ4n) is 1.77. The number of halogens is 1. The standard InChI is InChI=1S/C14H17ClO4/c1-4-9(5-6-14(16)17)10-7-11(15)13(19-3)8-12(10)18-2/h5,7-8H,4,6H2,1-3H3,(H,16,17)/b9-5+. The Morgan fingerprint density at radius 2 is 1.95 bits per heavy atom. The Morgan fingerprint density at radius 1 is 1.32 bits per heavy atom. The average molecular weight is 285 g/mol. The molecule has 1 rings (SSSR count). The van der Waals surface area contributed by atoms with Gasteiger partial charge in [0.2, 0.25) is 0 Å². The molecule has 19 heavy (non-hydrogen) atoms. The van der Waals surface area contributed by atoms with Gasteiger partial charge < -0.3 is 14.6 Å². The van der Waals surface area contributed by atoms with Crippen LogP contribution in [0, 0.1) is 0 Å². The first-order valence-electron chi connectivity index (χ1n) is 5.86. The highest BCUT2D eigenvalue weighted by Crippen LogP contribution is 2.37. The number of carboxylic acids is 1. The van der Waals surface area contributed by atoms with Gasteiger partial charge in [0.15, 0.2) is 0 Å². The number of hydrogen-bond acceptors (Lipinski definition) is 3. The predicted octanol–water partition coefficient (Wildman–Crippen LogP) is 3.63. The van der Waals surface area contributed by atoms with Crippen LogP contribution in [0.2, 0.25) is 5.02 Å². The van der Waals surface area contributed by atoms with E-state index < -0.39 is 5.97 Å². The maximum absolute atomic E-state index is 10.7. The number of allylic oxidation sites excluding steroid dienone is 1. The normalized spacial score (nSPS) is 11.3. The Bertz CT molecular complexity index is 494. The molecule has 0 radical (unpaired) electrons. The van der Waals surface area contributed by atoms with Crippen molar-refractivity contribution in [2.24, 2.45) is 0 Å². The summed E-state index contributed by atoms with van der Waals surface area (Å²) in [5.41, 5.74) is 1.67. The zero-order valence-electron chi connectivity index (χ0n) is 11.2. The van der Waals surface area contributed by atoms with Gasteiger partial charge in [0, 0.05) is 11.6 Å². The van der Waals surface area contributed by atoms with Crippen molar-refractivity contribution in [2.75, 3.05) is 14.2 Å². The molecule has 0 unspecified atom stereocenters. The van der Waals surface area contributed by atoms with E-state index in [2.05, 4.69) is 0 Å². The number of aliphatic carboxylic acids is 1. The lowest BCUT2D eigenvalue weighted by atomic mass is 10.0. The molecule has 1 aromatic rings. The Hall–Kier alpha value is -1.68. The van der Waals surface area contributed by atoms with E-state index in [-0.39, 0.29) is 6.42 Å². The third-order valence-electron chi connectivity index (χ3n) is 2.72. The highest BCUT2D eigenvalue weighted by molar-refractivity contribution is 6.32. The number of carbonyl (C=O) groups is 1. The molecule has 0 atom stereocenters. The minimum Gasteiger partial charge on any atom is -0.496 e. The largest absolute Gasteiger partial charge is 0.496 e. The Labute approximate surface area is 117 Å². The zero-order chi connectivity index (χ0) is 14.4. The minimum absolute atomic E-state index is 0.0318. The first-order chi connectivity index (χ1) is 9.03. The van der Waals surface area contributed by atoms with Crippen LogP contribution in [0.3, 0.4) is 0 Å². The first kappa shape index (κ1) is 15.4. The van der Waals surface area contributed by atoms with Crippen LogP contribution in [0.15, 0.2) is 18.2 Å². The molecule has 5 heteroatoms. The van der Waals surface area contributed by atoms with Gasteiger partial charge in [-0.2, -0.15) is 0 Å². The van der Waals surface area contributed by atoms with Gasteiger partial charge in [-0.05, 0) is 18.1 Å². The number of benzene rings is 1. The molecule has 4 nitrogen and oxygen atoms in total. The van der Waals surface area contributed by atoms with Crippen LogP contribution >= 0.6 is 11.6 Å². The van der Waals surface area contributed by atoms with Crippen LogP contribution < -0.4 is 9.47 Å². The van der Waals surface area contributed by atoms with Crippen LogP contribution in [0.25, 0.3) is 5.57 Å². The SMILES string of the molecule is CC/C(=C\CC(=O)O)c1cc(Cl)c(OC)cc1OC. The van der Waals surface area contributed by atoms with Gasteiger partial charge in [-0.25, -0.2) is 0 Å². The maximum Gasteiger partial charge on any atom is 0.307 e. The second kappa shape index (κ2) is 7.04. The monoisotopic (exact) mass is 284 g/mol. The Kier molecular flexibility index (Phi) is 5.70. The number of methoxy groups -OCH3 is 2.